The lowest BCUT2D eigenvalue weighted by atomic mass is 10.0. The highest BCUT2D eigenvalue weighted by atomic mass is 16.3. The van der Waals surface area contributed by atoms with E-state index in [0.717, 1.165) is 61.7 Å². The van der Waals surface area contributed by atoms with Crippen LogP contribution in [0.15, 0.2) is 180 Å². The molecule has 0 spiro atoms. The Hall–Kier alpha value is -6.52. The molecule has 0 amide bonds. The number of nitrogens with zero attached hydrogens (tertiary/aromatic N) is 3. The zero-order valence-electron chi connectivity index (χ0n) is 26.0. The third-order valence-corrected chi connectivity index (χ3v) is 9.48. The molecule has 0 fully saturated rings. The van der Waals surface area contributed by atoms with Gasteiger partial charge in [-0.25, -0.2) is 0 Å². The van der Waals surface area contributed by atoms with Crippen molar-refractivity contribution in [2.45, 2.75) is 0 Å². The topological polar surface area (TPSA) is 24.0 Å². The average Bonchev–Trinajstić information content (AvgIpc) is 3.80. The van der Waals surface area contributed by atoms with Crippen molar-refractivity contribution in [1.82, 2.24) is 4.40 Å². The number of hydrogen-bond donors (Lipinski definition) is 0. The molecule has 0 aliphatic rings. The molecule has 0 saturated heterocycles. The molecule has 10 aromatic rings. The van der Waals surface area contributed by atoms with Crippen LogP contribution in [0.25, 0.3) is 49.3 Å². The van der Waals surface area contributed by atoms with E-state index in [4.69, 9.17) is 4.42 Å². The third kappa shape index (κ3) is 3.90. The largest absolute Gasteiger partial charge is 0.439 e. The van der Waals surface area contributed by atoms with Gasteiger partial charge in [-0.2, -0.15) is 0 Å². The van der Waals surface area contributed by atoms with E-state index in [0.29, 0.717) is 0 Å². The van der Waals surface area contributed by atoms with Crippen LogP contribution >= 0.6 is 0 Å². The van der Waals surface area contributed by atoms with E-state index in [1.807, 2.05) is 0 Å². The summed E-state index contributed by atoms with van der Waals surface area (Å²) in [6, 6.07) is 62.1. The number of aromatic nitrogens is 1. The van der Waals surface area contributed by atoms with Gasteiger partial charge >= 0.3 is 0 Å². The fourth-order valence-electron chi connectivity index (χ4n) is 7.49. The summed E-state index contributed by atoms with van der Waals surface area (Å²) in [5.74, 6) is 0. The zero-order chi connectivity index (χ0) is 31.6. The molecule has 48 heavy (non-hydrogen) atoms. The summed E-state index contributed by atoms with van der Waals surface area (Å²) in [6.07, 6.45) is 0. The SMILES string of the molecule is c1ccc(N(c2ccccc2)c2ccc3c(c2)oc2c3c3ccc(N(c4ccccc4)c4ccccc4)c4c5ccccc5n2c34)cc1. The Morgan fingerprint density at radius 1 is 0.396 bits per heavy atom. The van der Waals surface area contributed by atoms with Gasteiger partial charge in [-0.3, -0.25) is 4.40 Å². The van der Waals surface area contributed by atoms with Crippen LogP contribution in [0.1, 0.15) is 0 Å². The first kappa shape index (κ1) is 26.7. The smallest absolute Gasteiger partial charge is 0.213 e. The molecule has 226 valence electrons. The summed E-state index contributed by atoms with van der Waals surface area (Å²) in [6.45, 7) is 0. The first-order valence-electron chi connectivity index (χ1n) is 16.3. The van der Waals surface area contributed by atoms with Gasteiger partial charge in [0.2, 0.25) is 5.71 Å². The Kier molecular flexibility index (Phi) is 5.84. The first-order valence-corrected chi connectivity index (χ1v) is 16.3. The van der Waals surface area contributed by atoms with E-state index in [1.54, 1.807) is 0 Å². The summed E-state index contributed by atoms with van der Waals surface area (Å²) in [5.41, 5.74) is 10.7. The van der Waals surface area contributed by atoms with Gasteiger partial charge in [-0.05, 0) is 78.9 Å². The molecule has 7 aromatic carbocycles. The van der Waals surface area contributed by atoms with Crippen LogP contribution in [0, 0.1) is 0 Å². The number of para-hydroxylation sites is 5. The normalized spacial score (nSPS) is 11.8. The molecule has 4 nitrogen and oxygen atoms in total. The van der Waals surface area contributed by atoms with E-state index in [-0.39, 0.29) is 0 Å². The molecular formula is C44H29N3O. The molecule has 0 saturated carbocycles. The van der Waals surface area contributed by atoms with Gasteiger partial charge in [0.25, 0.3) is 0 Å². The number of anilines is 6. The number of furan rings is 1. The Labute approximate surface area is 277 Å². The van der Waals surface area contributed by atoms with Crippen molar-refractivity contribution in [3.8, 4) is 0 Å². The van der Waals surface area contributed by atoms with Crippen LogP contribution in [-0.2, 0) is 0 Å². The standard InChI is InChI=1S/C44H29N3O/c1-5-15-30(16-6-1)45(31-17-7-2-8-18-31)34-25-26-36-40(29-34)48-44-41(36)37-27-28-39(42-35-23-13-14-24-38(35)47(44)43(37)42)46(32-19-9-3-10-20-32)33-21-11-4-12-22-33/h1-29H. The van der Waals surface area contributed by atoms with Gasteiger partial charge in [0.1, 0.15) is 5.58 Å². The van der Waals surface area contributed by atoms with Gasteiger partial charge < -0.3 is 14.2 Å². The van der Waals surface area contributed by atoms with Crippen LogP contribution in [0.5, 0.6) is 0 Å². The second kappa shape index (κ2) is 10.5. The minimum Gasteiger partial charge on any atom is -0.439 e. The third-order valence-electron chi connectivity index (χ3n) is 9.48. The van der Waals surface area contributed by atoms with Crippen LogP contribution in [0.3, 0.4) is 0 Å². The van der Waals surface area contributed by atoms with Gasteiger partial charge in [0, 0.05) is 56.0 Å². The van der Waals surface area contributed by atoms with Crippen LogP contribution in [0.4, 0.5) is 34.1 Å². The van der Waals surface area contributed by atoms with Crippen LogP contribution in [0.2, 0.25) is 0 Å². The maximum atomic E-state index is 6.90. The lowest BCUT2D eigenvalue weighted by Gasteiger charge is -2.26. The van der Waals surface area contributed by atoms with Gasteiger partial charge in [-0.15, -0.1) is 0 Å². The molecule has 0 unspecified atom stereocenters. The fourth-order valence-corrected chi connectivity index (χ4v) is 7.49. The van der Waals surface area contributed by atoms with E-state index in [1.165, 1.54) is 21.7 Å². The predicted molar refractivity (Wildman–Crippen MR) is 200 cm³/mol. The Morgan fingerprint density at radius 3 is 1.52 bits per heavy atom. The summed E-state index contributed by atoms with van der Waals surface area (Å²) < 4.78 is 9.24. The zero-order valence-corrected chi connectivity index (χ0v) is 26.0. The van der Waals surface area contributed by atoms with Crippen LogP contribution in [-0.4, -0.2) is 4.40 Å². The van der Waals surface area contributed by atoms with Crippen LogP contribution < -0.4 is 9.80 Å². The molecular weight excluding hydrogens is 587 g/mol. The Morgan fingerprint density at radius 2 is 0.917 bits per heavy atom. The monoisotopic (exact) mass is 615 g/mol. The van der Waals surface area contributed by atoms with Crippen molar-refractivity contribution < 1.29 is 4.42 Å². The van der Waals surface area contributed by atoms with E-state index in [2.05, 4.69) is 190 Å². The molecule has 4 heteroatoms. The van der Waals surface area contributed by atoms with Gasteiger partial charge in [0.05, 0.1) is 22.1 Å². The lowest BCUT2D eigenvalue weighted by Crippen LogP contribution is -2.10. The van der Waals surface area contributed by atoms with Crippen molar-refractivity contribution in [2.75, 3.05) is 9.80 Å². The maximum Gasteiger partial charge on any atom is 0.213 e. The summed E-state index contributed by atoms with van der Waals surface area (Å²) in [7, 11) is 0. The molecule has 0 atom stereocenters. The first-order chi connectivity index (χ1) is 23.8. The molecule has 10 rings (SSSR count). The number of benzene rings is 7. The van der Waals surface area contributed by atoms with E-state index < -0.39 is 0 Å². The lowest BCUT2D eigenvalue weighted by molar-refractivity contribution is 0.652. The Balaban J connectivity index is 1.24. The molecule has 3 aromatic heterocycles. The van der Waals surface area contributed by atoms with Gasteiger partial charge in [0.15, 0.2) is 0 Å². The van der Waals surface area contributed by atoms with Crippen molar-refractivity contribution >= 4 is 83.4 Å². The number of rotatable bonds is 6. The molecule has 0 aliphatic heterocycles. The van der Waals surface area contributed by atoms with Crippen molar-refractivity contribution in [2.24, 2.45) is 0 Å². The van der Waals surface area contributed by atoms with Crippen molar-refractivity contribution in [3.63, 3.8) is 0 Å². The minimum atomic E-state index is 0.866. The summed E-state index contributed by atoms with van der Waals surface area (Å²) in [4.78, 5) is 4.64. The predicted octanol–water partition coefficient (Wildman–Crippen LogP) is 12.5. The molecule has 0 aliphatic carbocycles. The number of fused-ring (bicyclic) bond motifs is 8. The highest BCUT2D eigenvalue weighted by Crippen LogP contribution is 2.49. The van der Waals surface area contributed by atoms with Crippen molar-refractivity contribution in [3.05, 3.63) is 176 Å². The average molecular weight is 616 g/mol. The van der Waals surface area contributed by atoms with Crippen molar-refractivity contribution in [1.29, 1.82) is 0 Å². The second-order valence-electron chi connectivity index (χ2n) is 12.2. The second-order valence-corrected chi connectivity index (χ2v) is 12.2. The van der Waals surface area contributed by atoms with Gasteiger partial charge in [-0.1, -0.05) is 91.0 Å². The maximum absolute atomic E-state index is 6.90. The quantitative estimate of drug-likeness (QED) is 0.186. The summed E-state index contributed by atoms with van der Waals surface area (Å²) in [5, 5.41) is 5.86. The molecule has 3 heterocycles. The molecule has 0 radical (unpaired) electrons. The summed E-state index contributed by atoms with van der Waals surface area (Å²) >= 11 is 0. The molecule has 0 bridgehead atoms. The number of hydrogen-bond acceptors (Lipinski definition) is 3. The Bertz CT molecular complexity index is 2640. The highest BCUT2D eigenvalue weighted by Gasteiger charge is 2.27. The van der Waals surface area contributed by atoms with E-state index >= 15 is 0 Å². The fraction of sp³-hybridized carbons (Fsp3) is 0. The molecule has 0 N–H and O–H groups in total. The minimum absolute atomic E-state index is 0.866. The van der Waals surface area contributed by atoms with E-state index in [9.17, 15) is 0 Å². The highest BCUT2D eigenvalue weighted by molar-refractivity contribution is 6.30.